The smallest absolute Gasteiger partial charge is 0.391 e. The second-order valence-electron chi connectivity index (χ2n) is 5.71. The number of rotatable bonds is 4. The van der Waals surface area contributed by atoms with Gasteiger partial charge in [0.05, 0.1) is 22.7 Å². The quantitative estimate of drug-likeness (QED) is 0.896. The van der Waals surface area contributed by atoms with Crippen molar-refractivity contribution in [2.24, 2.45) is 0 Å². The van der Waals surface area contributed by atoms with Crippen LogP contribution in [0.4, 0.5) is 23.1 Å². The number of thiazole rings is 1. The van der Waals surface area contributed by atoms with Crippen molar-refractivity contribution in [2.75, 3.05) is 18.0 Å². The van der Waals surface area contributed by atoms with Gasteiger partial charge in [-0.15, -0.1) is 0 Å². The number of aliphatic hydroxyl groups is 1. The zero-order valence-electron chi connectivity index (χ0n) is 13.4. The minimum atomic E-state index is -4.37. The molecule has 0 spiro atoms. The SMILES string of the molecule is Cc1nc(N2CCN(Cc3ccc(C(F)(F)F)cc3)C2=O)sc1CO. The van der Waals surface area contributed by atoms with Gasteiger partial charge in [-0.1, -0.05) is 23.5 Å². The fourth-order valence-corrected chi connectivity index (χ4v) is 3.54. The first-order valence-electron chi connectivity index (χ1n) is 7.59. The van der Waals surface area contributed by atoms with E-state index >= 15 is 0 Å². The van der Waals surface area contributed by atoms with Gasteiger partial charge in [-0.25, -0.2) is 9.78 Å². The van der Waals surface area contributed by atoms with Crippen molar-refractivity contribution in [3.63, 3.8) is 0 Å². The Labute approximate surface area is 146 Å². The number of alkyl halides is 3. The lowest BCUT2D eigenvalue weighted by Gasteiger charge is -2.17. The van der Waals surface area contributed by atoms with Crippen LogP contribution in [0, 0.1) is 6.92 Å². The summed E-state index contributed by atoms with van der Waals surface area (Å²) in [5, 5.41) is 9.77. The van der Waals surface area contributed by atoms with E-state index < -0.39 is 11.7 Å². The highest BCUT2D eigenvalue weighted by molar-refractivity contribution is 7.15. The first-order valence-corrected chi connectivity index (χ1v) is 8.41. The van der Waals surface area contributed by atoms with Crippen LogP contribution in [0.25, 0.3) is 0 Å². The van der Waals surface area contributed by atoms with E-state index in [4.69, 9.17) is 0 Å². The number of carbonyl (C=O) groups is 1. The lowest BCUT2D eigenvalue weighted by molar-refractivity contribution is -0.137. The highest BCUT2D eigenvalue weighted by Gasteiger charge is 2.33. The number of amides is 2. The van der Waals surface area contributed by atoms with Crippen molar-refractivity contribution in [1.82, 2.24) is 9.88 Å². The van der Waals surface area contributed by atoms with E-state index in [0.29, 0.717) is 34.4 Å². The molecule has 0 saturated carbocycles. The summed E-state index contributed by atoms with van der Waals surface area (Å²) in [6.07, 6.45) is -4.37. The van der Waals surface area contributed by atoms with Gasteiger partial charge in [0.2, 0.25) is 0 Å². The number of nitrogens with zero attached hydrogens (tertiary/aromatic N) is 3. The van der Waals surface area contributed by atoms with Gasteiger partial charge in [-0.2, -0.15) is 13.2 Å². The van der Waals surface area contributed by atoms with Crippen LogP contribution in [-0.4, -0.2) is 34.1 Å². The maximum absolute atomic E-state index is 12.6. The second kappa shape index (κ2) is 6.64. The Hall–Kier alpha value is -2.13. The average molecular weight is 371 g/mol. The van der Waals surface area contributed by atoms with Gasteiger partial charge < -0.3 is 10.0 Å². The Morgan fingerprint density at radius 3 is 2.48 bits per heavy atom. The fraction of sp³-hybridized carbons (Fsp3) is 0.375. The lowest BCUT2D eigenvalue weighted by Crippen LogP contribution is -2.31. The molecule has 0 radical (unpaired) electrons. The standard InChI is InChI=1S/C16H16F3N3O2S/c1-10-13(9-23)25-14(20-10)22-7-6-21(15(22)24)8-11-2-4-12(5-3-11)16(17,18)19/h2-5,23H,6-9H2,1H3. The number of aryl methyl sites for hydroxylation is 1. The molecule has 2 aromatic rings. The molecule has 1 aromatic carbocycles. The molecule has 0 bridgehead atoms. The number of anilines is 1. The van der Waals surface area contributed by atoms with Gasteiger partial charge in [0.15, 0.2) is 5.13 Å². The van der Waals surface area contributed by atoms with Crippen molar-refractivity contribution in [2.45, 2.75) is 26.3 Å². The molecule has 5 nitrogen and oxygen atoms in total. The summed E-state index contributed by atoms with van der Waals surface area (Å²) in [5.74, 6) is 0. The third-order valence-corrected chi connectivity index (χ3v) is 5.17. The molecule has 1 aliphatic rings. The molecular weight excluding hydrogens is 355 g/mol. The number of urea groups is 1. The highest BCUT2D eigenvalue weighted by Crippen LogP contribution is 2.31. The van der Waals surface area contributed by atoms with Crippen molar-refractivity contribution < 1.29 is 23.1 Å². The van der Waals surface area contributed by atoms with E-state index in [-0.39, 0.29) is 19.2 Å². The molecule has 3 rings (SSSR count). The third kappa shape index (κ3) is 3.62. The van der Waals surface area contributed by atoms with Gasteiger partial charge in [-0.05, 0) is 24.6 Å². The summed E-state index contributed by atoms with van der Waals surface area (Å²) >= 11 is 1.27. The van der Waals surface area contributed by atoms with Gasteiger partial charge >= 0.3 is 12.2 Å². The summed E-state index contributed by atoms with van der Waals surface area (Å²) in [6.45, 7) is 2.81. The van der Waals surface area contributed by atoms with Crippen molar-refractivity contribution in [3.05, 3.63) is 46.0 Å². The predicted molar refractivity (Wildman–Crippen MR) is 87.4 cm³/mol. The van der Waals surface area contributed by atoms with Gasteiger partial charge in [0, 0.05) is 19.6 Å². The monoisotopic (exact) mass is 371 g/mol. The number of halogens is 3. The van der Waals surface area contributed by atoms with Gasteiger partial charge in [-0.3, -0.25) is 4.90 Å². The molecule has 134 valence electrons. The maximum atomic E-state index is 12.6. The maximum Gasteiger partial charge on any atom is 0.416 e. The van der Waals surface area contributed by atoms with E-state index in [0.717, 1.165) is 12.1 Å². The highest BCUT2D eigenvalue weighted by atomic mass is 32.1. The molecular formula is C16H16F3N3O2S. The first kappa shape index (κ1) is 17.7. The zero-order valence-corrected chi connectivity index (χ0v) is 14.2. The van der Waals surface area contributed by atoms with Crippen LogP contribution in [0.1, 0.15) is 21.7 Å². The normalized spacial score (nSPS) is 15.3. The first-order chi connectivity index (χ1) is 11.8. The number of hydrogen-bond donors (Lipinski definition) is 1. The molecule has 1 saturated heterocycles. The van der Waals surface area contributed by atoms with Crippen LogP contribution >= 0.6 is 11.3 Å². The molecule has 0 atom stereocenters. The molecule has 25 heavy (non-hydrogen) atoms. The molecule has 0 aliphatic carbocycles. The number of benzene rings is 1. The number of carbonyl (C=O) groups excluding carboxylic acids is 1. The van der Waals surface area contributed by atoms with Crippen LogP contribution in [0.3, 0.4) is 0 Å². The molecule has 1 aromatic heterocycles. The van der Waals surface area contributed by atoms with E-state index in [1.807, 2.05) is 0 Å². The van der Waals surface area contributed by atoms with Crippen molar-refractivity contribution in [3.8, 4) is 0 Å². The Balaban J connectivity index is 1.69. The predicted octanol–water partition coefficient (Wildman–Crippen LogP) is 3.40. The van der Waals surface area contributed by atoms with Gasteiger partial charge in [0.1, 0.15) is 0 Å². The molecule has 1 fully saturated rings. The van der Waals surface area contributed by atoms with Crippen LogP contribution in [0.5, 0.6) is 0 Å². The lowest BCUT2D eigenvalue weighted by atomic mass is 10.1. The number of aliphatic hydroxyl groups excluding tert-OH is 1. The van der Waals surface area contributed by atoms with Crippen molar-refractivity contribution >= 4 is 22.5 Å². The minimum absolute atomic E-state index is 0.124. The van der Waals surface area contributed by atoms with Crippen LogP contribution in [0.2, 0.25) is 0 Å². The largest absolute Gasteiger partial charge is 0.416 e. The Morgan fingerprint density at radius 2 is 1.92 bits per heavy atom. The van der Waals surface area contributed by atoms with Crippen LogP contribution in [-0.2, 0) is 19.3 Å². The zero-order chi connectivity index (χ0) is 18.2. The summed E-state index contributed by atoms with van der Waals surface area (Å²) in [5.41, 5.74) is 0.617. The van der Waals surface area contributed by atoms with Crippen LogP contribution < -0.4 is 4.90 Å². The Bertz CT molecular complexity index is 774. The van der Waals surface area contributed by atoms with E-state index in [1.165, 1.54) is 28.4 Å². The summed E-state index contributed by atoms with van der Waals surface area (Å²) < 4.78 is 37.8. The minimum Gasteiger partial charge on any atom is -0.391 e. The Kier molecular flexibility index (Phi) is 4.70. The molecule has 0 unspecified atom stereocenters. The van der Waals surface area contributed by atoms with Crippen LogP contribution in [0.15, 0.2) is 24.3 Å². The molecule has 2 amide bonds. The van der Waals surface area contributed by atoms with E-state index in [1.54, 1.807) is 11.8 Å². The number of aromatic nitrogens is 1. The summed E-state index contributed by atoms with van der Waals surface area (Å²) in [7, 11) is 0. The molecule has 1 aliphatic heterocycles. The fourth-order valence-electron chi connectivity index (χ4n) is 2.60. The Morgan fingerprint density at radius 1 is 1.24 bits per heavy atom. The average Bonchev–Trinajstić information content (AvgIpc) is 3.10. The second-order valence-corrected chi connectivity index (χ2v) is 6.78. The number of hydrogen-bond acceptors (Lipinski definition) is 4. The molecule has 9 heteroatoms. The molecule has 1 N–H and O–H groups in total. The molecule has 2 heterocycles. The summed E-state index contributed by atoms with van der Waals surface area (Å²) in [4.78, 5) is 20.6. The van der Waals surface area contributed by atoms with E-state index in [9.17, 15) is 23.1 Å². The topological polar surface area (TPSA) is 56.7 Å². The summed E-state index contributed by atoms with van der Waals surface area (Å²) in [6, 6.07) is 4.57. The van der Waals surface area contributed by atoms with Gasteiger partial charge in [0.25, 0.3) is 0 Å². The van der Waals surface area contributed by atoms with Crippen molar-refractivity contribution in [1.29, 1.82) is 0 Å². The van der Waals surface area contributed by atoms with E-state index in [2.05, 4.69) is 4.98 Å². The third-order valence-electron chi connectivity index (χ3n) is 4.01.